The van der Waals surface area contributed by atoms with E-state index < -0.39 is 16.0 Å². The number of hydrogen-bond donors (Lipinski definition) is 0. The molecule has 0 aromatic heterocycles. The Hall–Kier alpha value is -2.05. The largest absolute Gasteiger partial charge is 0.423 e. The van der Waals surface area contributed by atoms with Crippen molar-refractivity contribution in [3.63, 3.8) is 0 Å². The highest BCUT2D eigenvalue weighted by Crippen LogP contribution is 2.24. The van der Waals surface area contributed by atoms with Crippen LogP contribution < -0.4 is 9.04 Å². The van der Waals surface area contributed by atoms with Gasteiger partial charge in [0.2, 0.25) is 10.0 Å². The van der Waals surface area contributed by atoms with Crippen LogP contribution in [0.5, 0.6) is 5.75 Å². The maximum atomic E-state index is 12.1. The minimum atomic E-state index is -3.26. The zero-order valence-electron chi connectivity index (χ0n) is 12.8. The minimum absolute atomic E-state index is 0.160. The Bertz CT molecular complexity index is 832. The monoisotopic (exact) mass is 365 g/mol. The lowest BCUT2D eigenvalue weighted by molar-refractivity contribution is 0.0735. The molecule has 1 fully saturated rings. The van der Waals surface area contributed by atoms with Crippen molar-refractivity contribution < 1.29 is 17.9 Å². The van der Waals surface area contributed by atoms with Gasteiger partial charge < -0.3 is 4.74 Å². The van der Waals surface area contributed by atoms with Gasteiger partial charge in [0.1, 0.15) is 5.75 Å². The average Bonchev–Trinajstić information content (AvgIpc) is 2.57. The molecule has 1 heterocycles. The molecule has 0 unspecified atom stereocenters. The molecule has 0 spiro atoms. The van der Waals surface area contributed by atoms with Crippen molar-refractivity contribution in [1.29, 1.82) is 0 Å². The summed E-state index contributed by atoms with van der Waals surface area (Å²) in [4.78, 5) is 12.1. The summed E-state index contributed by atoms with van der Waals surface area (Å²) in [5, 5.41) is 0.557. The fourth-order valence-electron chi connectivity index (χ4n) is 2.51. The van der Waals surface area contributed by atoms with Gasteiger partial charge >= 0.3 is 5.97 Å². The first-order valence-electron chi connectivity index (χ1n) is 7.54. The highest BCUT2D eigenvalue weighted by atomic mass is 35.5. The number of carbonyl (C=O) groups is 1. The molecule has 0 atom stereocenters. The van der Waals surface area contributed by atoms with Gasteiger partial charge in [-0.15, -0.1) is 0 Å². The predicted molar refractivity (Wildman–Crippen MR) is 93.2 cm³/mol. The van der Waals surface area contributed by atoms with E-state index in [1.165, 1.54) is 4.31 Å². The van der Waals surface area contributed by atoms with E-state index in [2.05, 4.69) is 0 Å². The molecular formula is C17H16ClNO4S. The van der Waals surface area contributed by atoms with Gasteiger partial charge in [0, 0.05) is 11.6 Å². The maximum Gasteiger partial charge on any atom is 0.343 e. The lowest BCUT2D eigenvalue weighted by Gasteiger charge is -2.28. The molecule has 0 saturated carbocycles. The second-order valence-corrected chi connectivity index (χ2v) is 7.93. The average molecular weight is 366 g/mol. The molecule has 24 heavy (non-hydrogen) atoms. The Kier molecular flexibility index (Phi) is 4.78. The van der Waals surface area contributed by atoms with Crippen molar-refractivity contribution in [3.8, 4) is 5.75 Å². The molecule has 7 heteroatoms. The first kappa shape index (κ1) is 16.8. The maximum absolute atomic E-state index is 12.1. The topological polar surface area (TPSA) is 63.7 Å². The predicted octanol–water partition coefficient (Wildman–Crippen LogP) is 3.49. The smallest absolute Gasteiger partial charge is 0.343 e. The zero-order valence-corrected chi connectivity index (χ0v) is 14.4. The zero-order chi connectivity index (χ0) is 17.2. The van der Waals surface area contributed by atoms with Crippen molar-refractivity contribution in [2.75, 3.05) is 16.6 Å². The van der Waals surface area contributed by atoms with Crippen LogP contribution in [0.2, 0.25) is 5.02 Å². The molecule has 1 saturated heterocycles. The van der Waals surface area contributed by atoms with Crippen LogP contribution in [0.3, 0.4) is 0 Å². The summed E-state index contributed by atoms with van der Waals surface area (Å²) in [6.45, 7) is 0.469. The van der Waals surface area contributed by atoms with E-state index in [0.29, 0.717) is 35.0 Å². The molecule has 2 aromatic rings. The number of ether oxygens (including phenoxy) is 1. The Morgan fingerprint density at radius 3 is 2.29 bits per heavy atom. The molecule has 5 nitrogen and oxygen atoms in total. The Morgan fingerprint density at radius 2 is 1.67 bits per heavy atom. The standard InChI is InChI=1S/C17H16ClNO4S/c18-14-5-9-16(10-6-14)23-17(20)13-3-7-15(8-4-13)19-11-1-2-12-24(19,21)22/h3-10H,1-2,11-12H2. The van der Waals surface area contributed by atoms with Gasteiger partial charge in [0.15, 0.2) is 0 Å². The fraction of sp³-hybridized carbons (Fsp3) is 0.235. The second kappa shape index (κ2) is 6.83. The summed E-state index contributed by atoms with van der Waals surface area (Å²) < 4.78 is 30.8. The number of sulfonamides is 1. The van der Waals surface area contributed by atoms with Crippen LogP contribution in [-0.2, 0) is 10.0 Å². The summed E-state index contributed by atoms with van der Waals surface area (Å²) in [6.07, 6.45) is 1.52. The number of esters is 1. The van der Waals surface area contributed by atoms with Crippen LogP contribution in [0.4, 0.5) is 5.69 Å². The van der Waals surface area contributed by atoms with Gasteiger partial charge in [-0.25, -0.2) is 13.2 Å². The summed E-state index contributed by atoms with van der Waals surface area (Å²) in [5.41, 5.74) is 0.917. The van der Waals surface area contributed by atoms with Crippen LogP contribution in [0, 0.1) is 0 Å². The molecule has 126 valence electrons. The van der Waals surface area contributed by atoms with E-state index in [-0.39, 0.29) is 5.75 Å². The van der Waals surface area contributed by atoms with E-state index in [1.807, 2.05) is 0 Å². The number of nitrogens with zero attached hydrogens (tertiary/aromatic N) is 1. The number of carbonyl (C=O) groups excluding carboxylic acids is 1. The van der Waals surface area contributed by atoms with E-state index in [1.54, 1.807) is 48.5 Å². The SMILES string of the molecule is O=C(Oc1ccc(Cl)cc1)c1ccc(N2CCCCS2(=O)=O)cc1. The van der Waals surface area contributed by atoms with E-state index in [9.17, 15) is 13.2 Å². The summed E-state index contributed by atoms with van der Waals surface area (Å²) >= 11 is 5.79. The minimum Gasteiger partial charge on any atom is -0.423 e. The third-order valence-corrected chi connectivity index (χ3v) is 5.89. The third kappa shape index (κ3) is 3.71. The van der Waals surface area contributed by atoms with Crippen LogP contribution in [0.25, 0.3) is 0 Å². The first-order valence-corrected chi connectivity index (χ1v) is 9.53. The fourth-order valence-corrected chi connectivity index (χ4v) is 4.28. The van der Waals surface area contributed by atoms with Gasteiger partial charge in [-0.05, 0) is 61.4 Å². The molecule has 1 aliphatic rings. The van der Waals surface area contributed by atoms with Gasteiger partial charge in [-0.3, -0.25) is 4.31 Å². The van der Waals surface area contributed by atoms with Crippen molar-refractivity contribution in [2.45, 2.75) is 12.8 Å². The lowest BCUT2D eigenvalue weighted by atomic mass is 10.2. The van der Waals surface area contributed by atoms with Crippen LogP contribution in [0.15, 0.2) is 48.5 Å². The molecule has 0 N–H and O–H groups in total. The van der Waals surface area contributed by atoms with Crippen molar-refractivity contribution in [3.05, 3.63) is 59.1 Å². The molecule has 0 aliphatic carbocycles. The lowest BCUT2D eigenvalue weighted by Crippen LogP contribution is -2.37. The van der Waals surface area contributed by atoms with Gasteiger partial charge in [-0.2, -0.15) is 0 Å². The highest BCUT2D eigenvalue weighted by Gasteiger charge is 2.26. The summed E-state index contributed by atoms with van der Waals surface area (Å²) in [5.74, 6) is 0.0466. The third-order valence-electron chi connectivity index (χ3n) is 3.76. The van der Waals surface area contributed by atoms with E-state index in [0.717, 1.165) is 6.42 Å². The number of rotatable bonds is 3. The first-order chi connectivity index (χ1) is 11.5. The van der Waals surface area contributed by atoms with E-state index in [4.69, 9.17) is 16.3 Å². The normalized spacial score (nSPS) is 16.6. The van der Waals surface area contributed by atoms with Gasteiger partial charge in [-0.1, -0.05) is 11.6 Å². The Balaban J connectivity index is 1.74. The number of hydrogen-bond acceptors (Lipinski definition) is 4. The van der Waals surface area contributed by atoms with Crippen molar-refractivity contribution >= 4 is 33.3 Å². The summed E-state index contributed by atoms with van der Waals surface area (Å²) in [7, 11) is -3.26. The van der Waals surface area contributed by atoms with E-state index >= 15 is 0 Å². The van der Waals surface area contributed by atoms with Crippen molar-refractivity contribution in [1.82, 2.24) is 0 Å². The van der Waals surface area contributed by atoms with Gasteiger partial charge in [0.25, 0.3) is 0 Å². The molecule has 0 bridgehead atoms. The second-order valence-electron chi connectivity index (χ2n) is 5.49. The highest BCUT2D eigenvalue weighted by molar-refractivity contribution is 7.92. The van der Waals surface area contributed by atoms with Crippen molar-refractivity contribution in [2.24, 2.45) is 0 Å². The number of halogens is 1. The molecular weight excluding hydrogens is 350 g/mol. The molecule has 0 amide bonds. The molecule has 3 rings (SSSR count). The molecule has 1 aliphatic heterocycles. The van der Waals surface area contributed by atoms with Crippen LogP contribution in [0.1, 0.15) is 23.2 Å². The van der Waals surface area contributed by atoms with Crippen LogP contribution >= 0.6 is 11.6 Å². The quantitative estimate of drug-likeness (QED) is 0.617. The van der Waals surface area contributed by atoms with Gasteiger partial charge in [0.05, 0.1) is 17.0 Å². The Morgan fingerprint density at radius 1 is 1.00 bits per heavy atom. The molecule has 0 radical (unpaired) electrons. The summed E-state index contributed by atoms with van der Waals surface area (Å²) in [6, 6.07) is 12.9. The Labute approximate surface area is 145 Å². The number of benzene rings is 2. The molecule has 2 aromatic carbocycles. The van der Waals surface area contributed by atoms with Crippen LogP contribution in [-0.4, -0.2) is 26.7 Å². The number of anilines is 1.